The zero-order valence-electron chi connectivity index (χ0n) is 11.8. The van der Waals surface area contributed by atoms with Crippen LogP contribution in [0.25, 0.3) is 0 Å². The zero-order chi connectivity index (χ0) is 14.0. The summed E-state index contributed by atoms with van der Waals surface area (Å²) in [5.74, 6) is -0.00444. The smallest absolute Gasteiger partial charge is 0.239 e. The standard InChI is InChI=1S/C15H21FN2O/c1-10-7-12(8-11(2)14(10)16)9-18-6-4-5-13(17-3)15(18)19/h7-8,13,17H,4-6,9H2,1-3H3. The number of piperidine rings is 1. The van der Waals surface area contributed by atoms with Crippen molar-refractivity contribution >= 4 is 5.91 Å². The third kappa shape index (κ3) is 2.95. The fraction of sp³-hybridized carbons (Fsp3) is 0.533. The maximum absolute atomic E-state index is 13.6. The van der Waals surface area contributed by atoms with E-state index in [9.17, 15) is 9.18 Å². The highest BCUT2D eigenvalue weighted by Gasteiger charge is 2.27. The minimum Gasteiger partial charge on any atom is -0.337 e. The van der Waals surface area contributed by atoms with E-state index in [0.717, 1.165) is 24.9 Å². The normalized spacial score (nSPS) is 19.9. The summed E-state index contributed by atoms with van der Waals surface area (Å²) < 4.78 is 13.6. The number of amides is 1. The van der Waals surface area contributed by atoms with Gasteiger partial charge >= 0.3 is 0 Å². The van der Waals surface area contributed by atoms with E-state index in [4.69, 9.17) is 0 Å². The average Bonchev–Trinajstić information content (AvgIpc) is 2.38. The molecule has 0 aliphatic carbocycles. The molecule has 1 heterocycles. The Bertz CT molecular complexity index is 464. The lowest BCUT2D eigenvalue weighted by Crippen LogP contribution is -2.49. The molecule has 0 aromatic heterocycles. The molecule has 1 aromatic rings. The summed E-state index contributed by atoms with van der Waals surface area (Å²) in [4.78, 5) is 14.0. The van der Waals surface area contributed by atoms with E-state index in [-0.39, 0.29) is 17.8 Å². The van der Waals surface area contributed by atoms with Crippen molar-refractivity contribution in [2.45, 2.75) is 39.3 Å². The lowest BCUT2D eigenvalue weighted by molar-refractivity contribution is -0.136. The number of aryl methyl sites for hydroxylation is 2. The molecule has 0 bridgehead atoms. The van der Waals surface area contributed by atoms with E-state index in [0.29, 0.717) is 17.7 Å². The first-order valence-electron chi connectivity index (χ1n) is 6.74. The van der Waals surface area contributed by atoms with Gasteiger partial charge in [-0.1, -0.05) is 12.1 Å². The Morgan fingerprint density at radius 1 is 1.37 bits per heavy atom. The summed E-state index contributed by atoms with van der Waals surface area (Å²) in [5, 5.41) is 3.05. The van der Waals surface area contributed by atoms with Gasteiger partial charge in [-0.3, -0.25) is 4.79 Å². The van der Waals surface area contributed by atoms with Crippen LogP contribution in [-0.4, -0.2) is 30.4 Å². The van der Waals surface area contributed by atoms with Gasteiger partial charge in [0.05, 0.1) is 6.04 Å². The Hall–Kier alpha value is -1.42. The second-order valence-corrected chi connectivity index (χ2v) is 5.29. The first-order valence-corrected chi connectivity index (χ1v) is 6.74. The van der Waals surface area contributed by atoms with Crippen molar-refractivity contribution in [1.82, 2.24) is 10.2 Å². The highest BCUT2D eigenvalue weighted by atomic mass is 19.1. The highest BCUT2D eigenvalue weighted by Crippen LogP contribution is 2.19. The molecule has 0 radical (unpaired) electrons. The quantitative estimate of drug-likeness (QED) is 0.907. The topological polar surface area (TPSA) is 32.3 Å². The molecule has 1 fully saturated rings. The maximum Gasteiger partial charge on any atom is 0.239 e. The highest BCUT2D eigenvalue weighted by molar-refractivity contribution is 5.82. The van der Waals surface area contributed by atoms with Crippen LogP contribution in [-0.2, 0) is 11.3 Å². The van der Waals surface area contributed by atoms with Crippen LogP contribution in [0.4, 0.5) is 4.39 Å². The average molecular weight is 264 g/mol. The van der Waals surface area contributed by atoms with Crippen molar-refractivity contribution in [3.8, 4) is 0 Å². The van der Waals surface area contributed by atoms with Crippen LogP contribution in [0.2, 0.25) is 0 Å². The number of halogens is 1. The van der Waals surface area contributed by atoms with E-state index in [2.05, 4.69) is 5.32 Å². The molecule has 4 heteroatoms. The van der Waals surface area contributed by atoms with Crippen LogP contribution in [0.3, 0.4) is 0 Å². The molecule has 1 aliphatic rings. The number of carbonyl (C=O) groups is 1. The Morgan fingerprint density at radius 2 is 2.00 bits per heavy atom. The number of hydrogen-bond acceptors (Lipinski definition) is 2. The molecule has 0 saturated carbocycles. The molecule has 3 nitrogen and oxygen atoms in total. The van der Waals surface area contributed by atoms with E-state index in [1.165, 1.54) is 0 Å². The molecular weight excluding hydrogens is 243 g/mol. The first kappa shape index (κ1) is 14.0. The van der Waals surface area contributed by atoms with Gasteiger partial charge in [-0.15, -0.1) is 0 Å². The monoisotopic (exact) mass is 264 g/mol. The van der Waals surface area contributed by atoms with Gasteiger partial charge in [-0.25, -0.2) is 4.39 Å². The van der Waals surface area contributed by atoms with Gasteiger partial charge in [-0.2, -0.15) is 0 Å². The van der Waals surface area contributed by atoms with Crippen molar-refractivity contribution in [1.29, 1.82) is 0 Å². The van der Waals surface area contributed by atoms with E-state index >= 15 is 0 Å². The number of hydrogen-bond donors (Lipinski definition) is 1. The van der Waals surface area contributed by atoms with Gasteiger partial charge in [0.1, 0.15) is 5.82 Å². The summed E-state index contributed by atoms with van der Waals surface area (Å²) in [5.41, 5.74) is 2.29. The van der Waals surface area contributed by atoms with Crippen LogP contribution in [0.15, 0.2) is 12.1 Å². The summed E-state index contributed by atoms with van der Waals surface area (Å²) in [7, 11) is 1.82. The van der Waals surface area contributed by atoms with Crippen LogP contribution in [0, 0.1) is 19.7 Å². The fourth-order valence-electron chi connectivity index (χ4n) is 2.71. The van der Waals surface area contributed by atoms with Crippen molar-refractivity contribution in [3.63, 3.8) is 0 Å². The molecule has 1 aromatic carbocycles. The summed E-state index contributed by atoms with van der Waals surface area (Å²) in [6.07, 6.45) is 1.91. The number of likely N-dealkylation sites (tertiary alicyclic amines) is 1. The van der Waals surface area contributed by atoms with E-state index < -0.39 is 0 Å². The van der Waals surface area contributed by atoms with E-state index in [1.54, 1.807) is 13.8 Å². The summed E-state index contributed by atoms with van der Waals surface area (Å²) >= 11 is 0. The molecule has 1 aliphatic heterocycles. The SMILES string of the molecule is CNC1CCCN(Cc2cc(C)c(F)c(C)c2)C1=O. The minimum absolute atomic E-state index is 0.0728. The summed E-state index contributed by atoms with van der Waals surface area (Å²) in [6, 6.07) is 3.59. The van der Waals surface area contributed by atoms with Gasteiger partial charge in [0.25, 0.3) is 0 Å². The number of carbonyl (C=O) groups excluding carboxylic acids is 1. The number of nitrogens with zero attached hydrogens (tertiary/aromatic N) is 1. The molecule has 0 spiro atoms. The van der Waals surface area contributed by atoms with Gasteiger partial charge in [0, 0.05) is 13.1 Å². The largest absolute Gasteiger partial charge is 0.337 e. The molecular formula is C15H21FN2O. The van der Waals surface area contributed by atoms with Gasteiger partial charge in [-0.05, 0) is 50.4 Å². The minimum atomic E-state index is -0.151. The van der Waals surface area contributed by atoms with Crippen molar-refractivity contribution < 1.29 is 9.18 Å². The Morgan fingerprint density at radius 3 is 2.58 bits per heavy atom. The van der Waals surface area contributed by atoms with Crippen LogP contribution < -0.4 is 5.32 Å². The zero-order valence-corrected chi connectivity index (χ0v) is 11.8. The molecule has 1 atom stereocenters. The molecule has 1 N–H and O–H groups in total. The molecule has 2 rings (SSSR count). The molecule has 19 heavy (non-hydrogen) atoms. The van der Waals surface area contributed by atoms with Crippen LogP contribution >= 0.6 is 0 Å². The Kier molecular flexibility index (Phi) is 4.20. The number of benzene rings is 1. The Labute approximate surface area is 113 Å². The third-order valence-electron chi connectivity index (χ3n) is 3.75. The van der Waals surface area contributed by atoms with Crippen molar-refractivity contribution in [2.24, 2.45) is 0 Å². The van der Waals surface area contributed by atoms with Gasteiger partial charge < -0.3 is 10.2 Å². The predicted molar refractivity (Wildman–Crippen MR) is 73.4 cm³/mol. The fourth-order valence-corrected chi connectivity index (χ4v) is 2.71. The number of rotatable bonds is 3. The lowest BCUT2D eigenvalue weighted by atomic mass is 10.0. The van der Waals surface area contributed by atoms with Crippen molar-refractivity contribution in [3.05, 3.63) is 34.6 Å². The predicted octanol–water partition coefficient (Wildman–Crippen LogP) is 2.15. The van der Waals surface area contributed by atoms with Crippen molar-refractivity contribution in [2.75, 3.05) is 13.6 Å². The molecule has 1 amide bonds. The summed E-state index contributed by atoms with van der Waals surface area (Å²) in [6.45, 7) is 4.88. The second-order valence-electron chi connectivity index (χ2n) is 5.29. The molecule has 1 unspecified atom stereocenters. The van der Waals surface area contributed by atoms with Gasteiger partial charge in [0.2, 0.25) is 5.91 Å². The Balaban J connectivity index is 2.14. The number of likely N-dealkylation sites (N-methyl/N-ethyl adjacent to an activating group) is 1. The maximum atomic E-state index is 13.6. The third-order valence-corrected chi connectivity index (χ3v) is 3.75. The van der Waals surface area contributed by atoms with Crippen LogP contribution in [0.1, 0.15) is 29.5 Å². The first-order chi connectivity index (χ1) is 9.02. The van der Waals surface area contributed by atoms with Gasteiger partial charge in [0.15, 0.2) is 0 Å². The number of nitrogens with one attached hydrogen (secondary N) is 1. The second kappa shape index (κ2) is 5.70. The van der Waals surface area contributed by atoms with E-state index in [1.807, 2.05) is 24.1 Å². The van der Waals surface area contributed by atoms with Crippen LogP contribution in [0.5, 0.6) is 0 Å². The lowest BCUT2D eigenvalue weighted by Gasteiger charge is -2.32. The molecule has 104 valence electrons. The molecule has 1 saturated heterocycles.